The number of sulfonamides is 1. The highest BCUT2D eigenvalue weighted by Crippen LogP contribution is 2.19. The number of rotatable bonds is 6. The first kappa shape index (κ1) is 19.4. The zero-order valence-corrected chi connectivity index (χ0v) is 16.5. The summed E-state index contributed by atoms with van der Waals surface area (Å²) >= 11 is 1.42. The smallest absolute Gasteiger partial charge is 0.261 e. The summed E-state index contributed by atoms with van der Waals surface area (Å²) < 4.78 is 29.6. The first-order valence-corrected chi connectivity index (χ1v) is 10.6. The number of ether oxygens (including phenoxy) is 1. The Kier molecular flexibility index (Phi) is 5.54. The summed E-state index contributed by atoms with van der Waals surface area (Å²) in [6.07, 6.45) is 0. The molecule has 2 aromatic carbocycles. The normalized spacial score (nSPS) is 11.7. The van der Waals surface area contributed by atoms with E-state index in [0.29, 0.717) is 34.2 Å². The van der Waals surface area contributed by atoms with E-state index in [1.807, 2.05) is 25.1 Å². The third-order valence-corrected chi connectivity index (χ3v) is 5.85. The lowest BCUT2D eigenvalue weighted by molar-refractivity contribution is 0.343. The van der Waals surface area contributed by atoms with Crippen molar-refractivity contribution in [2.24, 2.45) is 12.2 Å². The molecule has 3 aromatic rings. The van der Waals surface area contributed by atoms with E-state index in [4.69, 9.17) is 9.88 Å². The van der Waals surface area contributed by atoms with E-state index in [0.717, 1.165) is 5.56 Å². The second-order valence-electron chi connectivity index (χ2n) is 5.99. The summed E-state index contributed by atoms with van der Waals surface area (Å²) in [5.41, 5.74) is 1.61. The molecule has 0 amide bonds. The number of aryl methyl sites for hydroxylation is 1. The molecular weight excluding hydrogens is 386 g/mol. The van der Waals surface area contributed by atoms with Crippen molar-refractivity contribution in [2.75, 3.05) is 12.4 Å². The number of thioether (sulfide) groups is 1. The number of hydrogen-bond donors (Lipinski definition) is 1. The van der Waals surface area contributed by atoms with Crippen molar-refractivity contribution in [2.45, 2.75) is 17.0 Å². The fraction of sp³-hybridized carbons (Fsp3) is 0.222. The summed E-state index contributed by atoms with van der Waals surface area (Å²) in [6.45, 7) is 2.32. The Balaban J connectivity index is 1.65. The molecule has 0 bridgehead atoms. The maximum atomic E-state index is 12.5. The zero-order chi connectivity index (χ0) is 19.6. The quantitative estimate of drug-likeness (QED) is 0.382. The Morgan fingerprint density at radius 3 is 2.56 bits per heavy atom. The fourth-order valence-corrected chi connectivity index (χ4v) is 3.82. The molecule has 0 fully saturated rings. The highest BCUT2D eigenvalue weighted by atomic mass is 32.2. The van der Waals surface area contributed by atoms with Gasteiger partial charge in [-0.2, -0.15) is 0 Å². The average molecular weight is 406 g/mol. The first-order valence-electron chi connectivity index (χ1n) is 8.11. The van der Waals surface area contributed by atoms with Gasteiger partial charge in [0, 0.05) is 12.8 Å². The summed E-state index contributed by atoms with van der Waals surface area (Å²) in [6, 6.07) is 11.5. The van der Waals surface area contributed by atoms with Crippen LogP contribution in [0, 0.1) is 6.92 Å². The van der Waals surface area contributed by atoms with Gasteiger partial charge in [-0.1, -0.05) is 23.4 Å². The van der Waals surface area contributed by atoms with Crippen LogP contribution in [0.15, 0.2) is 57.3 Å². The zero-order valence-electron chi connectivity index (χ0n) is 14.9. The molecule has 2 N–H and O–H groups in total. The molecule has 0 aliphatic carbocycles. The molecule has 0 atom stereocenters. The van der Waals surface area contributed by atoms with Crippen molar-refractivity contribution in [1.29, 1.82) is 0 Å². The van der Waals surface area contributed by atoms with Gasteiger partial charge in [0.05, 0.1) is 22.4 Å². The number of fused-ring (bicyclic) bond motifs is 1. The van der Waals surface area contributed by atoms with E-state index in [2.05, 4.69) is 4.98 Å². The Morgan fingerprint density at radius 2 is 1.89 bits per heavy atom. The third kappa shape index (κ3) is 4.49. The lowest BCUT2D eigenvalue weighted by Crippen LogP contribution is -2.20. The van der Waals surface area contributed by atoms with Gasteiger partial charge < -0.3 is 4.74 Å². The van der Waals surface area contributed by atoms with Crippen LogP contribution in [-0.2, 0) is 17.1 Å². The van der Waals surface area contributed by atoms with Crippen LogP contribution < -0.4 is 15.4 Å². The predicted octanol–water partition coefficient (Wildman–Crippen LogP) is 2.06. The van der Waals surface area contributed by atoms with E-state index in [1.165, 1.54) is 28.5 Å². The van der Waals surface area contributed by atoms with Crippen LogP contribution in [-0.4, -0.2) is 30.3 Å². The molecule has 9 heteroatoms. The highest BCUT2D eigenvalue weighted by Gasteiger charge is 2.10. The molecule has 142 valence electrons. The van der Waals surface area contributed by atoms with Crippen LogP contribution in [0.3, 0.4) is 0 Å². The van der Waals surface area contributed by atoms with Gasteiger partial charge in [-0.15, -0.1) is 0 Å². The molecule has 0 radical (unpaired) electrons. The molecule has 0 aliphatic rings. The SMILES string of the molecule is Cc1ccc2nc(SCCOc3ccc(S(N)(=O)=O)cc3)n(C)c(=O)c2c1. The molecule has 3 rings (SSSR count). The first-order chi connectivity index (χ1) is 12.8. The summed E-state index contributed by atoms with van der Waals surface area (Å²) in [5, 5.41) is 6.28. The van der Waals surface area contributed by atoms with E-state index in [1.54, 1.807) is 19.2 Å². The van der Waals surface area contributed by atoms with E-state index >= 15 is 0 Å². The third-order valence-electron chi connectivity index (χ3n) is 3.93. The van der Waals surface area contributed by atoms with E-state index in [-0.39, 0.29) is 10.5 Å². The summed E-state index contributed by atoms with van der Waals surface area (Å²) in [7, 11) is -2.01. The number of nitrogens with two attached hydrogens (primary N) is 1. The van der Waals surface area contributed by atoms with Gasteiger partial charge in [0.2, 0.25) is 10.0 Å². The standard InChI is InChI=1S/C18H19N3O4S2/c1-12-3-8-16-15(11-12)17(22)21(2)18(20-16)26-10-9-25-13-4-6-14(7-5-13)27(19,23)24/h3-8,11H,9-10H2,1-2H3,(H2,19,23,24). The maximum absolute atomic E-state index is 12.5. The van der Waals surface area contributed by atoms with Gasteiger partial charge in [0.15, 0.2) is 5.16 Å². The van der Waals surface area contributed by atoms with Crippen molar-refractivity contribution in [3.63, 3.8) is 0 Å². The Labute approximate surface area is 161 Å². The lowest BCUT2D eigenvalue weighted by Gasteiger charge is -2.10. The summed E-state index contributed by atoms with van der Waals surface area (Å²) in [4.78, 5) is 17.1. The van der Waals surface area contributed by atoms with Crippen molar-refractivity contribution >= 4 is 32.7 Å². The van der Waals surface area contributed by atoms with E-state index in [9.17, 15) is 13.2 Å². The van der Waals surface area contributed by atoms with E-state index < -0.39 is 10.0 Å². The molecule has 0 unspecified atom stereocenters. The van der Waals surface area contributed by atoms with Gasteiger partial charge in [-0.3, -0.25) is 9.36 Å². The Bertz CT molecular complexity index is 1140. The minimum absolute atomic E-state index is 0.0369. The minimum atomic E-state index is -3.71. The predicted molar refractivity (Wildman–Crippen MR) is 106 cm³/mol. The number of hydrogen-bond acceptors (Lipinski definition) is 6. The second kappa shape index (κ2) is 7.71. The molecule has 0 saturated carbocycles. The van der Waals surface area contributed by atoms with Gasteiger partial charge in [-0.25, -0.2) is 18.5 Å². The number of aromatic nitrogens is 2. The molecule has 1 aromatic heterocycles. The van der Waals surface area contributed by atoms with Gasteiger partial charge in [0.25, 0.3) is 5.56 Å². The highest BCUT2D eigenvalue weighted by molar-refractivity contribution is 7.99. The Morgan fingerprint density at radius 1 is 1.19 bits per heavy atom. The van der Waals surface area contributed by atoms with Gasteiger partial charge in [-0.05, 0) is 43.3 Å². The molecule has 0 spiro atoms. The van der Waals surface area contributed by atoms with Gasteiger partial charge >= 0.3 is 0 Å². The fourth-order valence-electron chi connectivity index (χ4n) is 2.51. The topological polar surface area (TPSA) is 104 Å². The number of nitrogens with zero attached hydrogens (tertiary/aromatic N) is 2. The minimum Gasteiger partial charge on any atom is -0.493 e. The van der Waals surface area contributed by atoms with Crippen molar-refractivity contribution < 1.29 is 13.2 Å². The molecule has 0 saturated heterocycles. The maximum Gasteiger partial charge on any atom is 0.261 e. The van der Waals surface area contributed by atoms with Crippen LogP contribution >= 0.6 is 11.8 Å². The molecular formula is C18H19N3O4S2. The lowest BCUT2D eigenvalue weighted by atomic mass is 10.2. The summed E-state index contributed by atoms with van der Waals surface area (Å²) in [5.74, 6) is 1.12. The van der Waals surface area contributed by atoms with Crippen LogP contribution in [0.2, 0.25) is 0 Å². The Hall–Kier alpha value is -2.36. The van der Waals surface area contributed by atoms with Crippen molar-refractivity contribution in [3.05, 3.63) is 58.4 Å². The molecule has 27 heavy (non-hydrogen) atoms. The van der Waals surface area contributed by atoms with Gasteiger partial charge in [0.1, 0.15) is 5.75 Å². The molecule has 7 nitrogen and oxygen atoms in total. The van der Waals surface area contributed by atoms with Crippen LogP contribution in [0.1, 0.15) is 5.56 Å². The molecule has 1 heterocycles. The van der Waals surface area contributed by atoms with Crippen LogP contribution in [0.4, 0.5) is 0 Å². The van der Waals surface area contributed by atoms with Crippen LogP contribution in [0.25, 0.3) is 10.9 Å². The number of benzene rings is 2. The van der Waals surface area contributed by atoms with Crippen molar-refractivity contribution in [1.82, 2.24) is 9.55 Å². The largest absolute Gasteiger partial charge is 0.493 e. The van der Waals surface area contributed by atoms with Crippen LogP contribution in [0.5, 0.6) is 5.75 Å². The monoisotopic (exact) mass is 405 g/mol. The number of primary sulfonamides is 1. The van der Waals surface area contributed by atoms with Crippen molar-refractivity contribution in [3.8, 4) is 5.75 Å². The molecule has 0 aliphatic heterocycles. The second-order valence-corrected chi connectivity index (χ2v) is 8.62. The average Bonchev–Trinajstić information content (AvgIpc) is 2.63.